The minimum atomic E-state index is -0.607. The van der Waals surface area contributed by atoms with Crippen molar-refractivity contribution in [1.29, 1.82) is 0 Å². The van der Waals surface area contributed by atoms with Crippen LogP contribution in [0.5, 0.6) is 5.75 Å². The van der Waals surface area contributed by atoms with Crippen LogP contribution in [0.15, 0.2) is 85.2 Å². The molecule has 4 heterocycles. The smallest absolute Gasteiger partial charge is 0.0270 e. The first-order valence-corrected chi connectivity index (χ1v) is 14.3. The Morgan fingerprint density at radius 1 is 0.976 bits per heavy atom. The average Bonchev–Trinajstić information content (AvgIpc) is 3.55. The number of phenolic OH excluding ortho intramolecular Hbond substituents is 1. The van der Waals surface area contributed by atoms with Gasteiger partial charge in [-0.25, -0.2) is 9.37 Å². The van der Waals surface area contributed by atoms with Gasteiger partial charge in [-0.05, 0) is 41.8 Å². The summed E-state index contributed by atoms with van der Waals surface area (Å²) in [6.07, 6.45) is 2.83. The number of imide groups is 1. The van der Waals surface area contributed by atoms with Crippen molar-refractivity contribution < 1.29 is 41.0 Å². The number of aromatic nitrogens is 3. The Labute approximate surface area is 252 Å². The van der Waals surface area contributed by atoms with Crippen molar-refractivity contribution in [3.05, 3.63) is 120 Å². The minimum absolute atomic E-state index is 0.0162. The van der Waals surface area contributed by atoms with Crippen molar-refractivity contribution in [3.63, 3.8) is 0 Å². The maximum absolute atomic E-state index is 13.7. The van der Waals surface area contributed by atoms with Crippen molar-refractivity contribution in [3.8, 4) is 5.75 Å². The number of carbonyl (C=O) groups excluding carboxylic acids is 2. The third-order valence-corrected chi connectivity index (χ3v) is 6.15. The number of carbonyl (C=O) groups is 2. The van der Waals surface area contributed by atoms with Crippen molar-refractivity contribution in [2.24, 2.45) is 0 Å². The van der Waals surface area contributed by atoms with Gasteiger partial charge in [0.05, 0.1) is 22.2 Å². The molecule has 7 rings (SSSR count). The number of fused-ring (bicyclic) bond motifs is 8. The molecule has 2 N–H and O–H groups in total. The topological polar surface area (TPSA) is 140 Å². The first kappa shape index (κ1) is 30.3. The van der Waals surface area contributed by atoms with Crippen LogP contribution in [-0.4, -0.2) is 26.9 Å². The van der Waals surface area contributed by atoms with Gasteiger partial charge in [0.1, 0.15) is 11.6 Å². The van der Waals surface area contributed by atoms with Crippen molar-refractivity contribution in [2.75, 3.05) is 0 Å². The van der Waals surface area contributed by atoms with Crippen LogP contribution in [0.2, 0.25) is 0 Å². The fraction of sp³-hybridized carbons (Fsp3) is 0.0333. The third kappa shape index (κ3) is 6.15. The Morgan fingerprint density at radius 3 is 2.40 bits per heavy atom. The SMILES string of the molecule is O=C1NC(=O)c2c1c1cc(F)c[n-]c1c1nc3ccc(O)cc3c21.[C-]#[O+].[Cl][Ru+2].c1ccc([N-]Cc2ccccn2)cc1. The van der Waals surface area contributed by atoms with E-state index in [0.717, 1.165) is 17.6 Å². The summed E-state index contributed by atoms with van der Waals surface area (Å²) in [5, 5.41) is 17.6. The van der Waals surface area contributed by atoms with Gasteiger partial charge in [-0.1, -0.05) is 42.9 Å². The zero-order valence-electron chi connectivity index (χ0n) is 21.4. The van der Waals surface area contributed by atoms with E-state index in [2.05, 4.69) is 41.9 Å². The Morgan fingerprint density at radius 2 is 1.69 bits per heavy atom. The summed E-state index contributed by atoms with van der Waals surface area (Å²) >= 11 is 1.82. The van der Waals surface area contributed by atoms with Crippen molar-refractivity contribution in [1.82, 2.24) is 20.3 Å². The van der Waals surface area contributed by atoms with Gasteiger partial charge < -0.3 is 15.4 Å². The molecule has 0 unspecified atom stereocenters. The van der Waals surface area contributed by atoms with Crippen LogP contribution in [0, 0.1) is 12.5 Å². The molecule has 0 fully saturated rings. The van der Waals surface area contributed by atoms with Crippen molar-refractivity contribution in [2.45, 2.75) is 6.54 Å². The fourth-order valence-corrected chi connectivity index (χ4v) is 4.52. The molecular formula is C30H18ClFN5O4Ru. The number of nitrogens with one attached hydrogen (secondary N) is 1. The zero-order valence-corrected chi connectivity index (χ0v) is 23.9. The third-order valence-electron chi connectivity index (χ3n) is 6.15. The molecule has 9 nitrogen and oxygen atoms in total. The number of aromatic hydroxyl groups is 1. The predicted octanol–water partition coefficient (Wildman–Crippen LogP) is 6.16. The second kappa shape index (κ2) is 13.8. The fourth-order valence-electron chi connectivity index (χ4n) is 4.52. The molecule has 3 aromatic heterocycles. The quantitative estimate of drug-likeness (QED) is 0.100. The van der Waals surface area contributed by atoms with E-state index in [9.17, 15) is 19.1 Å². The number of benzene rings is 3. The van der Waals surface area contributed by atoms with Gasteiger partial charge in [-0.3, -0.25) is 19.9 Å². The van der Waals surface area contributed by atoms with E-state index in [1.54, 1.807) is 12.3 Å². The monoisotopic (exact) mass is 668 g/mol. The minimum Gasteiger partial charge on any atom is -0.679 e. The van der Waals surface area contributed by atoms with E-state index < -0.39 is 17.6 Å². The Balaban J connectivity index is 0.000000193. The molecule has 0 saturated carbocycles. The first-order chi connectivity index (χ1) is 20.5. The van der Waals surface area contributed by atoms with E-state index in [1.165, 1.54) is 18.2 Å². The zero-order chi connectivity index (χ0) is 30.2. The van der Waals surface area contributed by atoms with Gasteiger partial charge in [-0.15, -0.1) is 17.4 Å². The van der Waals surface area contributed by atoms with E-state index in [0.29, 0.717) is 33.9 Å². The molecule has 0 saturated heterocycles. The molecule has 0 bridgehead atoms. The standard InChI is InChI=1S/C17H8FN3O3.C12H11N2.CO.ClH.Ru/c18-6-3-9-12-13(17(24)21-16(12)23)11-8-4-7(22)1-2-10(8)20-15(11)14(9)19-5-6;1-2-6-11(7-3-1)14-10-12-8-4-5-9-13-12;1-2;;/h1-5H,(H3,19,20,21,22,23,24);1-9H,10H2;;1H;/q;-1;;;+3/p-2. The number of halogens is 2. The number of pyridine rings is 2. The molecule has 209 valence electrons. The number of rotatable bonds is 3. The summed E-state index contributed by atoms with van der Waals surface area (Å²) in [4.78, 5) is 37.3. The second-order valence-electron chi connectivity index (χ2n) is 8.59. The van der Waals surface area contributed by atoms with Crippen LogP contribution in [0.3, 0.4) is 0 Å². The number of phenols is 1. The molecule has 0 radical (unpaired) electrons. The largest absolute Gasteiger partial charge is 0.679 e. The Kier molecular flexibility index (Phi) is 9.96. The molecule has 0 aliphatic carbocycles. The summed E-state index contributed by atoms with van der Waals surface area (Å²) in [5.74, 6) is -1.75. The van der Waals surface area contributed by atoms with Crippen LogP contribution in [0.1, 0.15) is 26.4 Å². The van der Waals surface area contributed by atoms with Crippen LogP contribution in [0.25, 0.3) is 38.0 Å². The molecule has 0 spiro atoms. The average molecular weight is 668 g/mol. The molecule has 1 aliphatic heterocycles. The molecule has 42 heavy (non-hydrogen) atoms. The van der Waals surface area contributed by atoms with Gasteiger partial charge in [0.15, 0.2) is 0 Å². The van der Waals surface area contributed by atoms with E-state index in [1.807, 2.05) is 65.8 Å². The van der Waals surface area contributed by atoms with Gasteiger partial charge in [0.2, 0.25) is 0 Å². The summed E-state index contributed by atoms with van der Waals surface area (Å²) in [5.41, 5.74) is 3.51. The molecule has 2 amide bonds. The van der Waals surface area contributed by atoms with Crippen LogP contribution < -0.4 is 10.3 Å². The van der Waals surface area contributed by atoms with Crippen LogP contribution in [-0.2, 0) is 28.5 Å². The second-order valence-corrected chi connectivity index (χ2v) is 8.59. The molecule has 1 aliphatic rings. The number of para-hydroxylation sites is 1. The Bertz CT molecular complexity index is 1880. The Hall–Kier alpha value is -4.66. The summed E-state index contributed by atoms with van der Waals surface area (Å²) in [7, 11) is 4.57. The predicted molar refractivity (Wildman–Crippen MR) is 151 cm³/mol. The van der Waals surface area contributed by atoms with Crippen molar-refractivity contribution >= 4 is 59.9 Å². The number of hydrogen-bond donors (Lipinski definition) is 2. The molecule has 3 aromatic carbocycles. The normalized spacial score (nSPS) is 11.3. The summed E-state index contributed by atoms with van der Waals surface area (Å²) in [6.45, 7) is 5.14. The van der Waals surface area contributed by atoms with Gasteiger partial charge in [-0.2, -0.15) is 0 Å². The molecular weight excluding hydrogens is 650 g/mol. The van der Waals surface area contributed by atoms with Gasteiger partial charge in [0, 0.05) is 22.7 Å². The van der Waals surface area contributed by atoms with E-state index in [-0.39, 0.29) is 22.3 Å². The molecule has 6 aromatic rings. The van der Waals surface area contributed by atoms with E-state index >= 15 is 0 Å². The van der Waals surface area contributed by atoms with Crippen LogP contribution in [0.4, 0.5) is 10.1 Å². The van der Waals surface area contributed by atoms with Crippen LogP contribution >= 0.6 is 9.69 Å². The number of hydrogen-bond acceptors (Lipinski definition) is 5. The van der Waals surface area contributed by atoms with E-state index in [4.69, 9.17) is 4.65 Å². The molecule has 12 heteroatoms. The first-order valence-electron chi connectivity index (χ1n) is 12.0. The number of nitrogens with zero attached hydrogens (tertiary/aromatic N) is 4. The maximum Gasteiger partial charge on any atom is 0.0270 e. The summed E-state index contributed by atoms with van der Waals surface area (Å²) in [6, 6.07) is 21.5. The summed E-state index contributed by atoms with van der Waals surface area (Å²) < 4.78 is 21.2. The maximum atomic E-state index is 13.7. The van der Waals surface area contributed by atoms with Gasteiger partial charge in [0.25, 0.3) is 11.8 Å². The number of amides is 2. The molecule has 0 atom stereocenters. The van der Waals surface area contributed by atoms with Gasteiger partial charge >= 0.3 is 38.3 Å².